The minimum absolute atomic E-state index is 0.121. The van der Waals surface area contributed by atoms with Crippen LogP contribution in [0.2, 0.25) is 5.02 Å². The van der Waals surface area contributed by atoms with Crippen molar-refractivity contribution < 1.29 is 14.3 Å². The largest absolute Gasteiger partial charge is 0.493 e. The number of urea groups is 1. The zero-order valence-corrected chi connectivity index (χ0v) is 16.8. The van der Waals surface area contributed by atoms with Crippen LogP contribution in [-0.2, 0) is 0 Å². The van der Waals surface area contributed by atoms with Gasteiger partial charge in [-0.05, 0) is 36.8 Å². The molecule has 9 heteroatoms. The number of nitrogens with one attached hydrogen (secondary N) is 2. The van der Waals surface area contributed by atoms with Gasteiger partial charge in [-0.15, -0.1) is 0 Å². The van der Waals surface area contributed by atoms with Crippen molar-refractivity contribution in [1.82, 2.24) is 9.55 Å². The molecule has 8 nitrogen and oxygen atoms in total. The number of anilines is 2. The van der Waals surface area contributed by atoms with Crippen LogP contribution in [0.1, 0.15) is 5.56 Å². The number of ether oxygens (including phenoxy) is 2. The number of hydrogen-bond donors (Lipinski definition) is 2. The lowest BCUT2D eigenvalue weighted by atomic mass is 10.2. The van der Waals surface area contributed by atoms with Gasteiger partial charge in [0, 0.05) is 29.2 Å². The molecule has 0 unspecified atom stereocenters. The number of hydrogen-bond acceptors (Lipinski definition) is 5. The Morgan fingerprint density at radius 1 is 1.10 bits per heavy atom. The molecule has 150 valence electrons. The molecule has 0 radical (unpaired) electrons. The summed E-state index contributed by atoms with van der Waals surface area (Å²) in [4.78, 5) is 29.1. The quantitative estimate of drug-likeness (QED) is 0.661. The highest BCUT2D eigenvalue weighted by molar-refractivity contribution is 6.31. The molecule has 3 rings (SSSR count). The normalized spacial score (nSPS) is 10.3. The second-order valence-electron chi connectivity index (χ2n) is 5.98. The molecule has 0 saturated heterocycles. The molecule has 2 aromatic carbocycles. The highest BCUT2D eigenvalue weighted by Crippen LogP contribution is 2.29. The number of halogens is 1. The highest BCUT2D eigenvalue weighted by atomic mass is 35.5. The molecular weight excluding hydrogens is 396 g/mol. The van der Waals surface area contributed by atoms with Crippen LogP contribution >= 0.6 is 11.6 Å². The first-order valence-electron chi connectivity index (χ1n) is 8.57. The molecule has 1 heterocycles. The van der Waals surface area contributed by atoms with Crippen molar-refractivity contribution in [3.05, 3.63) is 69.7 Å². The topological polar surface area (TPSA) is 94.5 Å². The number of amides is 2. The fourth-order valence-corrected chi connectivity index (χ4v) is 2.90. The van der Waals surface area contributed by atoms with E-state index in [0.29, 0.717) is 27.9 Å². The van der Waals surface area contributed by atoms with Gasteiger partial charge in [-0.25, -0.2) is 9.78 Å². The lowest BCUT2D eigenvalue weighted by Crippen LogP contribution is -2.28. The average Bonchev–Trinajstić information content (AvgIpc) is 2.71. The SMILES string of the molecule is COc1ccc(NC(=O)Nc2nccn(-c3cccc(Cl)c3C)c2=O)cc1OC. The molecule has 29 heavy (non-hydrogen) atoms. The number of nitrogens with zero attached hydrogens (tertiary/aromatic N) is 2. The van der Waals surface area contributed by atoms with Crippen LogP contribution in [0.15, 0.2) is 53.6 Å². The minimum atomic E-state index is -0.623. The van der Waals surface area contributed by atoms with Crippen LogP contribution in [0.4, 0.5) is 16.3 Å². The highest BCUT2D eigenvalue weighted by Gasteiger charge is 2.13. The predicted molar refractivity (Wildman–Crippen MR) is 112 cm³/mol. The van der Waals surface area contributed by atoms with Crippen LogP contribution in [0.25, 0.3) is 5.69 Å². The van der Waals surface area contributed by atoms with Crippen LogP contribution in [0.3, 0.4) is 0 Å². The molecule has 0 atom stereocenters. The van der Waals surface area contributed by atoms with E-state index in [-0.39, 0.29) is 5.82 Å². The van der Waals surface area contributed by atoms with Crippen molar-refractivity contribution in [2.75, 3.05) is 24.9 Å². The van der Waals surface area contributed by atoms with E-state index >= 15 is 0 Å². The maximum Gasteiger partial charge on any atom is 0.325 e. The Morgan fingerprint density at radius 3 is 2.59 bits per heavy atom. The molecule has 0 bridgehead atoms. The van der Waals surface area contributed by atoms with E-state index in [1.165, 1.54) is 31.2 Å². The van der Waals surface area contributed by atoms with Crippen LogP contribution < -0.4 is 25.7 Å². The van der Waals surface area contributed by atoms with E-state index in [0.717, 1.165) is 5.56 Å². The Morgan fingerprint density at radius 2 is 1.86 bits per heavy atom. The van der Waals surface area contributed by atoms with Crippen molar-refractivity contribution in [3.8, 4) is 17.2 Å². The van der Waals surface area contributed by atoms with E-state index in [2.05, 4.69) is 15.6 Å². The fraction of sp³-hybridized carbons (Fsp3) is 0.150. The zero-order chi connectivity index (χ0) is 21.0. The van der Waals surface area contributed by atoms with Gasteiger partial charge in [0.2, 0.25) is 5.82 Å². The second kappa shape index (κ2) is 8.66. The van der Waals surface area contributed by atoms with Crippen molar-refractivity contribution in [2.45, 2.75) is 6.92 Å². The van der Waals surface area contributed by atoms with Gasteiger partial charge in [-0.2, -0.15) is 0 Å². The Labute approximate surface area is 172 Å². The molecule has 3 aromatic rings. The monoisotopic (exact) mass is 414 g/mol. The zero-order valence-electron chi connectivity index (χ0n) is 16.0. The van der Waals surface area contributed by atoms with E-state index in [9.17, 15) is 9.59 Å². The number of methoxy groups -OCH3 is 2. The van der Waals surface area contributed by atoms with Crippen LogP contribution in [-0.4, -0.2) is 29.8 Å². The molecule has 0 aliphatic heterocycles. The molecule has 0 saturated carbocycles. The number of aromatic nitrogens is 2. The summed E-state index contributed by atoms with van der Waals surface area (Å²) in [6.07, 6.45) is 2.94. The number of rotatable bonds is 5. The maximum atomic E-state index is 12.8. The van der Waals surface area contributed by atoms with E-state index < -0.39 is 11.6 Å². The molecule has 2 amide bonds. The van der Waals surface area contributed by atoms with Crippen molar-refractivity contribution >= 4 is 29.1 Å². The van der Waals surface area contributed by atoms with Crippen molar-refractivity contribution in [3.63, 3.8) is 0 Å². The van der Waals surface area contributed by atoms with Gasteiger partial charge in [0.05, 0.1) is 19.9 Å². The lowest BCUT2D eigenvalue weighted by Gasteiger charge is -2.13. The van der Waals surface area contributed by atoms with Crippen molar-refractivity contribution in [1.29, 1.82) is 0 Å². The van der Waals surface area contributed by atoms with Crippen LogP contribution in [0, 0.1) is 6.92 Å². The molecule has 2 N–H and O–H groups in total. The first-order valence-corrected chi connectivity index (χ1v) is 8.95. The summed E-state index contributed by atoms with van der Waals surface area (Å²) < 4.78 is 11.7. The standard InChI is InChI=1S/C20H19ClN4O4/c1-12-14(21)5-4-6-15(12)25-10-9-22-18(19(25)26)24-20(27)23-13-7-8-16(28-2)17(11-13)29-3/h4-11H,1-3H3,(H2,22,23,24,27). The van der Waals surface area contributed by atoms with Gasteiger partial charge in [-0.3, -0.25) is 14.7 Å². The summed E-state index contributed by atoms with van der Waals surface area (Å²) in [6.45, 7) is 1.81. The molecule has 0 aliphatic carbocycles. The first kappa shape index (κ1) is 20.2. The smallest absolute Gasteiger partial charge is 0.325 e. The molecule has 0 fully saturated rings. The van der Waals surface area contributed by atoms with Crippen LogP contribution in [0.5, 0.6) is 11.5 Å². The predicted octanol–water partition coefficient (Wildman–Crippen LogP) is 3.86. The fourth-order valence-electron chi connectivity index (χ4n) is 2.73. The number of benzene rings is 2. The van der Waals surface area contributed by atoms with E-state index in [4.69, 9.17) is 21.1 Å². The van der Waals surface area contributed by atoms with E-state index in [1.807, 2.05) is 0 Å². The Balaban J connectivity index is 1.83. The average molecular weight is 415 g/mol. The number of carbonyl (C=O) groups excluding carboxylic acids is 1. The summed E-state index contributed by atoms with van der Waals surface area (Å²) in [5.41, 5.74) is 1.32. The van der Waals surface area contributed by atoms with Gasteiger partial charge in [0.1, 0.15) is 0 Å². The second-order valence-corrected chi connectivity index (χ2v) is 6.39. The molecule has 0 spiro atoms. The Hall–Kier alpha value is -3.52. The summed E-state index contributed by atoms with van der Waals surface area (Å²) >= 11 is 6.15. The molecule has 0 aliphatic rings. The summed E-state index contributed by atoms with van der Waals surface area (Å²) in [7, 11) is 3.02. The third-order valence-corrected chi connectivity index (χ3v) is 4.62. The summed E-state index contributed by atoms with van der Waals surface area (Å²) in [5, 5.41) is 5.63. The lowest BCUT2D eigenvalue weighted by molar-refractivity contribution is 0.262. The minimum Gasteiger partial charge on any atom is -0.493 e. The van der Waals surface area contributed by atoms with Gasteiger partial charge < -0.3 is 14.8 Å². The van der Waals surface area contributed by atoms with Gasteiger partial charge in [0.25, 0.3) is 5.56 Å². The van der Waals surface area contributed by atoms with E-state index in [1.54, 1.807) is 43.3 Å². The first-order chi connectivity index (χ1) is 13.9. The van der Waals surface area contributed by atoms with Crippen molar-refractivity contribution in [2.24, 2.45) is 0 Å². The Bertz CT molecular complexity index is 1110. The maximum absolute atomic E-state index is 12.8. The molecular formula is C20H19ClN4O4. The van der Waals surface area contributed by atoms with Gasteiger partial charge >= 0.3 is 6.03 Å². The summed E-state index contributed by atoms with van der Waals surface area (Å²) in [6, 6.07) is 9.52. The molecule has 1 aromatic heterocycles. The number of carbonyl (C=O) groups is 1. The Kier molecular flexibility index (Phi) is 6.04. The summed E-state index contributed by atoms with van der Waals surface area (Å²) in [5.74, 6) is 0.870. The third kappa shape index (κ3) is 4.33. The van der Waals surface area contributed by atoms with Gasteiger partial charge in [-0.1, -0.05) is 17.7 Å². The van der Waals surface area contributed by atoms with Gasteiger partial charge in [0.15, 0.2) is 11.5 Å². The third-order valence-electron chi connectivity index (χ3n) is 4.21.